The Bertz CT molecular complexity index is 1160. The topological polar surface area (TPSA) is 112 Å². The third-order valence-corrected chi connectivity index (χ3v) is 6.06. The molecule has 30 heavy (non-hydrogen) atoms. The van der Waals surface area contributed by atoms with Crippen molar-refractivity contribution in [2.24, 2.45) is 0 Å². The van der Waals surface area contributed by atoms with Gasteiger partial charge in [-0.1, -0.05) is 17.9 Å². The van der Waals surface area contributed by atoms with E-state index in [-0.39, 0.29) is 12.5 Å². The van der Waals surface area contributed by atoms with E-state index in [0.717, 1.165) is 10.4 Å². The third-order valence-electron chi connectivity index (χ3n) is 4.94. The molecule has 4 rings (SSSR count). The summed E-state index contributed by atoms with van der Waals surface area (Å²) in [4.78, 5) is 40.3. The van der Waals surface area contributed by atoms with Crippen molar-refractivity contribution in [3.63, 3.8) is 0 Å². The number of thiophene rings is 1. The van der Waals surface area contributed by atoms with Gasteiger partial charge < -0.3 is 20.4 Å². The molecule has 0 aliphatic carbocycles. The molecule has 3 heterocycles. The van der Waals surface area contributed by atoms with Gasteiger partial charge >= 0.3 is 6.03 Å². The lowest BCUT2D eigenvalue weighted by atomic mass is 9.99. The second kappa shape index (κ2) is 7.31. The van der Waals surface area contributed by atoms with Crippen LogP contribution in [0.5, 0.6) is 5.75 Å². The summed E-state index contributed by atoms with van der Waals surface area (Å²) in [6.07, 6.45) is 0. The zero-order valence-corrected chi connectivity index (χ0v) is 17.1. The highest BCUT2D eigenvalue weighted by atomic mass is 32.1. The largest absolute Gasteiger partial charge is 0.497 e. The van der Waals surface area contributed by atoms with Gasteiger partial charge in [-0.3, -0.25) is 14.9 Å². The van der Waals surface area contributed by atoms with E-state index in [1.54, 1.807) is 31.2 Å². The Labute approximate surface area is 176 Å². The zero-order chi connectivity index (χ0) is 21.5. The lowest BCUT2D eigenvalue weighted by Crippen LogP contribution is -2.54. The van der Waals surface area contributed by atoms with E-state index in [9.17, 15) is 14.4 Å². The molecule has 4 amide bonds. The second-order valence-electron chi connectivity index (χ2n) is 7.04. The van der Waals surface area contributed by atoms with Gasteiger partial charge in [-0.05, 0) is 36.8 Å². The van der Waals surface area contributed by atoms with Crippen molar-refractivity contribution in [3.8, 4) is 17.6 Å². The van der Waals surface area contributed by atoms with Crippen molar-refractivity contribution in [1.82, 2.24) is 15.5 Å². The molecule has 8 nitrogen and oxygen atoms in total. The summed E-state index contributed by atoms with van der Waals surface area (Å²) in [5, 5.41) is 12.5. The first-order valence-electron chi connectivity index (χ1n) is 9.09. The minimum absolute atomic E-state index is 0.0881. The summed E-state index contributed by atoms with van der Waals surface area (Å²) < 4.78 is 5.19. The van der Waals surface area contributed by atoms with Crippen LogP contribution in [0, 0.1) is 17.3 Å². The molecule has 1 fully saturated rings. The number of nitrogens with one attached hydrogen (secondary N) is 3. The molecular formula is C21H18N4O4S. The summed E-state index contributed by atoms with van der Waals surface area (Å²) in [5.41, 5.74) is 0.193. The Morgan fingerprint density at radius 3 is 2.73 bits per heavy atom. The third kappa shape index (κ3) is 3.42. The molecule has 0 saturated carbocycles. The molecule has 0 spiro atoms. The first-order valence-corrected chi connectivity index (χ1v) is 9.91. The number of rotatable bonds is 4. The molecule has 3 N–H and O–H groups in total. The van der Waals surface area contributed by atoms with Gasteiger partial charge in [0.1, 0.15) is 5.75 Å². The molecule has 0 bridgehead atoms. The summed E-state index contributed by atoms with van der Waals surface area (Å²) in [6.45, 7) is 1.90. The molecule has 1 saturated heterocycles. The molecule has 152 valence electrons. The Morgan fingerprint density at radius 1 is 1.30 bits per heavy atom. The maximum atomic E-state index is 12.9. The highest BCUT2D eigenvalue weighted by molar-refractivity contribution is 7.14. The van der Waals surface area contributed by atoms with Gasteiger partial charge in [0, 0.05) is 22.7 Å². The molecule has 0 radical (unpaired) electrons. The van der Waals surface area contributed by atoms with Gasteiger partial charge in [-0.25, -0.2) is 4.79 Å². The van der Waals surface area contributed by atoms with Gasteiger partial charge in [0.15, 0.2) is 0 Å². The minimum atomic E-state index is -1.55. The molecule has 2 aliphatic heterocycles. The Balaban J connectivity index is 1.64. The molecule has 1 atom stereocenters. The van der Waals surface area contributed by atoms with E-state index in [4.69, 9.17) is 10.1 Å². The molecule has 1 aromatic heterocycles. The number of ether oxygens (including phenoxy) is 1. The van der Waals surface area contributed by atoms with Crippen LogP contribution >= 0.6 is 11.3 Å². The highest BCUT2D eigenvalue weighted by Crippen LogP contribution is 2.28. The van der Waals surface area contributed by atoms with Crippen LogP contribution < -0.4 is 15.4 Å². The molecule has 2 aliphatic rings. The van der Waals surface area contributed by atoms with Crippen molar-refractivity contribution in [3.05, 3.63) is 51.2 Å². The van der Waals surface area contributed by atoms with Gasteiger partial charge in [0.05, 0.1) is 18.5 Å². The molecule has 1 aromatic carbocycles. The number of methoxy groups -OCH3 is 1. The number of nitrogens with zero attached hydrogens (tertiary/aromatic N) is 1. The number of fused-ring (bicyclic) bond motifs is 1. The maximum absolute atomic E-state index is 12.9. The van der Waals surface area contributed by atoms with Crippen LogP contribution in [0.2, 0.25) is 0 Å². The summed E-state index contributed by atoms with van der Waals surface area (Å²) in [6, 6.07) is 8.14. The number of hydrogen-bond acceptors (Lipinski definition) is 6. The SMILES string of the molecule is COc1ccc2c(c1)C(=O)N(C[C@@]1(C#Cc3ccc(C(C)=N)s3)NC(=O)NC1=O)C2. The smallest absolute Gasteiger partial charge is 0.323 e. The first kappa shape index (κ1) is 19.7. The van der Waals surface area contributed by atoms with E-state index >= 15 is 0 Å². The fraction of sp³-hybridized carbons (Fsp3) is 0.238. The Kier molecular flexibility index (Phi) is 4.79. The lowest BCUT2D eigenvalue weighted by molar-refractivity contribution is -0.122. The Morgan fingerprint density at radius 2 is 2.10 bits per heavy atom. The van der Waals surface area contributed by atoms with E-state index in [0.29, 0.717) is 28.4 Å². The van der Waals surface area contributed by atoms with Gasteiger partial charge in [0.2, 0.25) is 5.54 Å². The van der Waals surface area contributed by atoms with Gasteiger partial charge in [-0.2, -0.15) is 0 Å². The molecule has 9 heteroatoms. The van der Waals surface area contributed by atoms with Crippen molar-refractivity contribution in [1.29, 1.82) is 5.41 Å². The lowest BCUT2D eigenvalue weighted by Gasteiger charge is -2.26. The van der Waals surface area contributed by atoms with Crippen molar-refractivity contribution in [2.75, 3.05) is 13.7 Å². The average molecular weight is 422 g/mol. The standard InChI is InChI=1S/C21H18N4O4S/c1-12(22)17-6-5-15(30-17)7-8-21(19(27)23-20(28)24-21)11-25-10-13-3-4-14(29-2)9-16(13)18(25)26/h3-6,9,22H,10-11H2,1-2H3,(H2,23,24,27,28)/t21-/m1/s1. The number of urea groups is 1. The summed E-state index contributed by atoms with van der Waals surface area (Å²) in [7, 11) is 1.53. The first-order chi connectivity index (χ1) is 14.3. The maximum Gasteiger partial charge on any atom is 0.323 e. The number of carbonyl (C=O) groups excluding carboxylic acids is 3. The normalized spacial score (nSPS) is 19.7. The van der Waals surface area contributed by atoms with Gasteiger partial charge in [0.25, 0.3) is 11.8 Å². The second-order valence-corrected chi connectivity index (χ2v) is 8.12. The highest BCUT2D eigenvalue weighted by Gasteiger charge is 2.48. The predicted octanol–water partition coefficient (Wildman–Crippen LogP) is 1.73. The van der Waals surface area contributed by atoms with Crippen LogP contribution in [-0.4, -0.2) is 47.7 Å². The quantitative estimate of drug-likeness (QED) is 0.396. The van der Waals surface area contributed by atoms with E-state index in [1.807, 2.05) is 6.07 Å². The van der Waals surface area contributed by atoms with Crippen LogP contribution in [0.1, 0.15) is 32.6 Å². The number of hydrogen-bond donors (Lipinski definition) is 3. The predicted molar refractivity (Wildman–Crippen MR) is 111 cm³/mol. The van der Waals surface area contributed by atoms with E-state index < -0.39 is 17.5 Å². The minimum Gasteiger partial charge on any atom is -0.497 e. The van der Waals surface area contributed by atoms with E-state index in [1.165, 1.54) is 23.3 Å². The number of benzene rings is 1. The van der Waals surface area contributed by atoms with Crippen LogP contribution in [0.3, 0.4) is 0 Å². The fourth-order valence-electron chi connectivity index (χ4n) is 3.39. The summed E-state index contributed by atoms with van der Waals surface area (Å²) in [5.74, 6) is 5.51. The van der Waals surface area contributed by atoms with Gasteiger partial charge in [-0.15, -0.1) is 11.3 Å². The molecule has 2 aromatic rings. The monoisotopic (exact) mass is 422 g/mol. The van der Waals surface area contributed by atoms with E-state index in [2.05, 4.69) is 22.5 Å². The fourth-order valence-corrected chi connectivity index (χ4v) is 4.15. The van der Waals surface area contributed by atoms with Crippen LogP contribution in [-0.2, 0) is 11.3 Å². The number of imide groups is 1. The van der Waals surface area contributed by atoms with Crippen LogP contribution in [0.25, 0.3) is 0 Å². The van der Waals surface area contributed by atoms with Crippen molar-refractivity contribution >= 4 is 34.9 Å². The molecule has 0 unspecified atom stereocenters. The number of amides is 4. The number of carbonyl (C=O) groups is 3. The summed E-state index contributed by atoms with van der Waals surface area (Å²) >= 11 is 1.33. The Hall–Kier alpha value is -3.64. The van der Waals surface area contributed by atoms with Crippen molar-refractivity contribution < 1.29 is 19.1 Å². The van der Waals surface area contributed by atoms with Crippen molar-refractivity contribution in [2.45, 2.75) is 19.0 Å². The van der Waals surface area contributed by atoms with Crippen LogP contribution in [0.4, 0.5) is 4.79 Å². The molecular weight excluding hydrogens is 404 g/mol. The average Bonchev–Trinajstić information content (AvgIpc) is 3.38. The van der Waals surface area contributed by atoms with Crippen LogP contribution in [0.15, 0.2) is 30.3 Å². The zero-order valence-electron chi connectivity index (χ0n) is 16.3.